The van der Waals surface area contributed by atoms with Crippen molar-refractivity contribution in [1.29, 1.82) is 10.8 Å². The minimum Gasteiger partial charge on any atom is -0.469 e. The summed E-state index contributed by atoms with van der Waals surface area (Å²) in [6, 6.07) is 36.7. The molecule has 4 atom stereocenters. The average molecular weight is 945 g/mol. The Hall–Kier alpha value is -8.00. The number of ether oxygens (including phenoxy) is 2. The van der Waals surface area contributed by atoms with Crippen LogP contribution in [0.3, 0.4) is 0 Å². The summed E-state index contributed by atoms with van der Waals surface area (Å²) in [6.45, 7) is 4.65. The van der Waals surface area contributed by atoms with E-state index in [2.05, 4.69) is 0 Å². The number of pyridine rings is 2. The molecule has 2 amide bonds. The van der Waals surface area contributed by atoms with E-state index in [-0.39, 0.29) is 35.8 Å². The van der Waals surface area contributed by atoms with E-state index in [1.807, 2.05) is 78.9 Å². The molecule has 4 heterocycles. The van der Waals surface area contributed by atoms with E-state index in [1.165, 1.54) is 20.4 Å². The van der Waals surface area contributed by atoms with Crippen molar-refractivity contribution in [2.45, 2.75) is 64.5 Å². The van der Waals surface area contributed by atoms with Crippen molar-refractivity contribution < 1.29 is 48.5 Å². The molecule has 2 saturated heterocycles. The van der Waals surface area contributed by atoms with Gasteiger partial charge in [0.2, 0.25) is 24.8 Å². The van der Waals surface area contributed by atoms with E-state index in [0.29, 0.717) is 48.5 Å². The van der Waals surface area contributed by atoms with E-state index in [9.17, 15) is 29.6 Å². The van der Waals surface area contributed by atoms with Gasteiger partial charge in [0.05, 0.1) is 31.6 Å². The number of rotatable bonds is 14. The third-order valence-corrected chi connectivity index (χ3v) is 13.2. The molecule has 2 aromatic heterocycles. The van der Waals surface area contributed by atoms with Gasteiger partial charge in [0.1, 0.15) is 0 Å². The molecule has 6 aromatic rings. The molecule has 8 rings (SSSR count). The number of nitrogens with one attached hydrogen (secondary N) is 2. The van der Waals surface area contributed by atoms with Crippen molar-refractivity contribution in [3.8, 4) is 22.3 Å². The van der Waals surface area contributed by atoms with E-state index < -0.39 is 11.8 Å². The van der Waals surface area contributed by atoms with E-state index in [1.54, 1.807) is 84.7 Å². The van der Waals surface area contributed by atoms with Crippen LogP contribution >= 0.6 is 0 Å². The minimum absolute atomic E-state index is 0.0988. The number of carbonyl (C=O) groups excluding carboxylic acids is 4. The molecule has 14 nitrogen and oxygen atoms in total. The summed E-state index contributed by atoms with van der Waals surface area (Å²) in [5.41, 5.74) is 9.16. The van der Waals surface area contributed by atoms with Gasteiger partial charge in [0.15, 0.2) is 0 Å². The average Bonchev–Trinajstić information content (AvgIpc) is 4.08. The predicted molar refractivity (Wildman–Crippen MR) is 263 cm³/mol. The Morgan fingerprint density at radius 3 is 1.40 bits per heavy atom. The van der Waals surface area contributed by atoms with E-state index in [4.69, 9.17) is 20.3 Å². The Labute approximate surface area is 408 Å². The molecule has 0 aliphatic carbocycles. The highest BCUT2D eigenvalue weighted by Gasteiger charge is 2.41. The number of esters is 2. The normalized spacial score (nSPS) is 16.1. The molecule has 0 saturated carbocycles. The third-order valence-electron chi connectivity index (χ3n) is 13.2. The fraction of sp³-hybridized carbons (Fsp3) is 0.286. The molecule has 2 fully saturated rings. The maximum absolute atomic E-state index is 13.5. The Balaban J connectivity index is 0.000000206. The van der Waals surface area contributed by atoms with Crippen LogP contribution < -0.4 is 9.46 Å². The molecule has 2 aliphatic rings. The van der Waals surface area contributed by atoms with Gasteiger partial charge in [-0.15, -0.1) is 0 Å². The third kappa shape index (κ3) is 12.0. The summed E-state index contributed by atoms with van der Waals surface area (Å²) < 4.78 is 12.3. The van der Waals surface area contributed by atoms with Gasteiger partial charge in [0, 0.05) is 75.4 Å². The van der Waals surface area contributed by atoms with Crippen LogP contribution in [0.5, 0.6) is 0 Å². The van der Waals surface area contributed by atoms with Gasteiger partial charge < -0.3 is 30.1 Å². The lowest BCUT2D eigenvalue weighted by molar-refractivity contribution is -0.904. The van der Waals surface area contributed by atoms with Gasteiger partial charge in [-0.3, -0.25) is 29.6 Å². The Morgan fingerprint density at radius 1 is 0.557 bits per heavy atom. The number of amides is 2. The van der Waals surface area contributed by atoms with Gasteiger partial charge in [0.25, 0.3) is 11.8 Å². The van der Waals surface area contributed by atoms with Crippen LogP contribution in [-0.2, 0) is 31.9 Å². The monoisotopic (exact) mass is 944 g/mol. The molecule has 2 aliphatic heterocycles. The van der Waals surface area contributed by atoms with E-state index >= 15 is 0 Å². The van der Waals surface area contributed by atoms with Crippen LogP contribution in [0.4, 0.5) is 0 Å². The lowest BCUT2D eigenvalue weighted by atomic mass is 9.89. The first-order chi connectivity index (χ1) is 33.7. The quantitative estimate of drug-likeness (QED) is 0.0368. The largest absolute Gasteiger partial charge is 0.469 e. The van der Waals surface area contributed by atoms with Crippen LogP contribution in [0.25, 0.3) is 22.3 Å². The van der Waals surface area contributed by atoms with Gasteiger partial charge >= 0.3 is 11.9 Å². The highest BCUT2D eigenvalue weighted by atomic mass is 16.5. The fourth-order valence-electron chi connectivity index (χ4n) is 9.54. The van der Waals surface area contributed by atoms with Crippen LogP contribution in [0.2, 0.25) is 0 Å². The number of nitrogens with zero attached hydrogens (tertiary/aromatic N) is 4. The summed E-state index contributed by atoms with van der Waals surface area (Å²) in [7, 11) is 2.77. The maximum atomic E-state index is 13.5. The number of benzene rings is 4. The lowest BCUT2D eigenvalue weighted by Gasteiger charge is -2.30. The van der Waals surface area contributed by atoms with E-state index in [0.717, 1.165) is 79.7 Å². The Morgan fingerprint density at radius 2 is 0.986 bits per heavy atom. The van der Waals surface area contributed by atoms with Crippen molar-refractivity contribution in [3.63, 3.8) is 0 Å². The van der Waals surface area contributed by atoms with Crippen molar-refractivity contribution in [2.75, 3.05) is 27.3 Å². The van der Waals surface area contributed by atoms with Crippen molar-refractivity contribution in [3.05, 3.63) is 179 Å². The van der Waals surface area contributed by atoms with Crippen LogP contribution in [0.1, 0.15) is 82.5 Å². The SMILES string of the molecule is COC(=O)C(Cc1cccc(C(C)=N)c1)C1CCCN1C(=O)c1ccc(-c2cc[n+](O)cc2)cc1.COC(=O)C(Cc1cccc(C(C)=N)c1)C1CCCN1C(=O)c1ccc(-c2ccc[n+](O)c2)cc1. The summed E-state index contributed by atoms with van der Waals surface area (Å²) in [4.78, 5) is 56.2. The molecular weight excluding hydrogens is 885 g/mol. The second-order valence-corrected chi connectivity index (χ2v) is 17.8. The van der Waals surface area contributed by atoms with Crippen molar-refractivity contribution in [2.24, 2.45) is 11.8 Å². The molecule has 0 radical (unpaired) electrons. The molecular formula is C56H60N6O8+2. The molecule has 4 unspecified atom stereocenters. The van der Waals surface area contributed by atoms with Crippen LogP contribution in [-0.4, -0.2) is 94.8 Å². The second kappa shape index (κ2) is 22.9. The second-order valence-electron chi connectivity index (χ2n) is 17.8. The van der Waals surface area contributed by atoms with Crippen molar-refractivity contribution >= 4 is 35.2 Å². The number of likely N-dealkylation sites (tertiary alicyclic amines) is 2. The fourth-order valence-corrected chi connectivity index (χ4v) is 9.54. The number of hydrogen-bond acceptors (Lipinski definition) is 10. The zero-order valence-corrected chi connectivity index (χ0v) is 40.0. The van der Waals surface area contributed by atoms with Gasteiger partial charge in [-0.05, 0) is 134 Å². The highest BCUT2D eigenvalue weighted by molar-refractivity contribution is 5.98. The topological polar surface area (TPSA) is 189 Å². The molecule has 0 bridgehead atoms. The van der Waals surface area contributed by atoms with Crippen molar-refractivity contribution in [1.82, 2.24) is 9.80 Å². The van der Waals surface area contributed by atoms with Gasteiger partial charge in [-0.2, -0.15) is 0 Å². The first-order valence-electron chi connectivity index (χ1n) is 23.4. The Kier molecular flexibility index (Phi) is 16.3. The molecule has 4 aromatic carbocycles. The van der Waals surface area contributed by atoms with Gasteiger partial charge in [-0.1, -0.05) is 60.7 Å². The first kappa shape index (κ1) is 49.9. The Bertz CT molecular complexity index is 2850. The number of hydrogen-bond donors (Lipinski definition) is 4. The molecule has 360 valence electrons. The summed E-state index contributed by atoms with van der Waals surface area (Å²) in [5, 5.41) is 34.9. The zero-order valence-electron chi connectivity index (χ0n) is 40.0. The minimum atomic E-state index is -0.490. The first-order valence-corrected chi connectivity index (χ1v) is 23.4. The van der Waals surface area contributed by atoms with Gasteiger partial charge in [-0.25, -0.2) is 0 Å². The predicted octanol–water partition coefficient (Wildman–Crippen LogP) is 7.81. The standard InChI is InChI=1S/2C28H30N3O4/c1-19(29)23-7-3-6-20(16-23)17-25(28(33)35-2)26-9-5-15-31(26)27(32)22-12-10-21(11-13-22)24-8-4-14-30(34)18-24;1-19(29)24-6-3-5-20(17-24)18-25(28(33)35-2)26-7-4-14-31(26)27(32)23-10-8-21(9-11-23)22-12-15-30(34)16-13-22/h3-4,6-8,10-14,16,18,25-26,29,34H,5,9,15,17H2,1-2H3;3,5-6,8-13,15-17,25-26,29,34H,4,7,14,18H2,1-2H3/q2*+1. The highest BCUT2D eigenvalue weighted by Crippen LogP contribution is 2.32. The molecule has 0 spiro atoms. The van der Waals surface area contributed by atoms with Crippen LogP contribution in [0.15, 0.2) is 146 Å². The molecule has 4 N–H and O–H groups in total. The smallest absolute Gasteiger partial charge is 0.311 e. The number of aromatic nitrogens is 2. The lowest BCUT2D eigenvalue weighted by Crippen LogP contribution is -2.44. The maximum Gasteiger partial charge on any atom is 0.311 e. The molecule has 14 heteroatoms. The summed E-state index contributed by atoms with van der Waals surface area (Å²) in [6.07, 6.45) is 10.2. The zero-order chi connectivity index (χ0) is 49.9. The number of carbonyl (C=O) groups is 4. The summed E-state index contributed by atoms with van der Waals surface area (Å²) in [5.74, 6) is -1.84. The van der Waals surface area contributed by atoms with Crippen LogP contribution in [0, 0.1) is 22.7 Å². The summed E-state index contributed by atoms with van der Waals surface area (Å²) >= 11 is 0. The molecule has 70 heavy (non-hydrogen) atoms. The number of methoxy groups -OCH3 is 2.